The van der Waals surface area contributed by atoms with E-state index in [0.29, 0.717) is 6.04 Å². The average molecular weight is 285 g/mol. The summed E-state index contributed by atoms with van der Waals surface area (Å²) in [6.07, 6.45) is 4.78. The molecule has 110 valence electrons. The summed E-state index contributed by atoms with van der Waals surface area (Å²) >= 11 is 0. The van der Waals surface area contributed by atoms with Crippen LogP contribution >= 0.6 is 0 Å². The van der Waals surface area contributed by atoms with Gasteiger partial charge in [-0.05, 0) is 44.2 Å². The molecular weight excluding hydrogens is 266 g/mol. The maximum absolute atomic E-state index is 11.0. The van der Waals surface area contributed by atoms with E-state index in [2.05, 4.69) is 15.3 Å². The molecule has 0 unspecified atom stereocenters. The summed E-state index contributed by atoms with van der Waals surface area (Å²) in [5.74, 6) is -0.00789. The second-order valence-corrected chi connectivity index (χ2v) is 5.72. The molecule has 0 amide bonds. The molecule has 0 saturated heterocycles. The minimum absolute atomic E-state index is 0.188. The Morgan fingerprint density at radius 1 is 1.24 bits per heavy atom. The fourth-order valence-corrected chi connectivity index (χ4v) is 3.03. The third-order valence-corrected chi connectivity index (χ3v) is 4.28. The van der Waals surface area contributed by atoms with Crippen molar-refractivity contribution >= 4 is 22.7 Å². The number of nitrogens with zero attached hydrogens (tertiary/aromatic N) is 2. The number of aromatic nitrogens is 2. The number of rotatable bonds is 3. The minimum Gasteiger partial charge on any atom is -0.481 e. The van der Waals surface area contributed by atoms with Crippen molar-refractivity contribution in [2.45, 2.75) is 38.6 Å². The first-order valence-corrected chi connectivity index (χ1v) is 7.35. The largest absolute Gasteiger partial charge is 0.481 e. The highest BCUT2D eigenvalue weighted by Gasteiger charge is 2.26. The highest BCUT2D eigenvalue weighted by molar-refractivity contribution is 5.90. The molecule has 1 aliphatic rings. The van der Waals surface area contributed by atoms with Gasteiger partial charge in [-0.3, -0.25) is 4.79 Å². The zero-order valence-corrected chi connectivity index (χ0v) is 12.0. The minimum atomic E-state index is -0.670. The van der Waals surface area contributed by atoms with E-state index in [9.17, 15) is 4.79 Å². The average Bonchev–Trinajstić information content (AvgIpc) is 2.49. The van der Waals surface area contributed by atoms with Crippen LogP contribution in [-0.4, -0.2) is 27.1 Å². The molecule has 2 N–H and O–H groups in total. The summed E-state index contributed by atoms with van der Waals surface area (Å²) < 4.78 is 0. The number of hydrogen-bond acceptors (Lipinski definition) is 4. The Bertz CT molecular complexity index is 664. The second-order valence-electron chi connectivity index (χ2n) is 5.72. The van der Waals surface area contributed by atoms with Gasteiger partial charge in [0.2, 0.25) is 0 Å². The summed E-state index contributed by atoms with van der Waals surface area (Å²) in [6.45, 7) is 2.04. The fraction of sp³-hybridized carbons (Fsp3) is 0.438. The van der Waals surface area contributed by atoms with Gasteiger partial charge in [0.1, 0.15) is 12.1 Å². The van der Waals surface area contributed by atoms with Gasteiger partial charge in [0.15, 0.2) is 0 Å². The smallest absolute Gasteiger partial charge is 0.306 e. The van der Waals surface area contributed by atoms with Crippen LogP contribution in [0.3, 0.4) is 0 Å². The number of benzene rings is 1. The lowest BCUT2D eigenvalue weighted by Crippen LogP contribution is -2.29. The molecule has 1 saturated carbocycles. The first-order valence-electron chi connectivity index (χ1n) is 7.35. The lowest BCUT2D eigenvalue weighted by Gasteiger charge is -2.27. The number of anilines is 1. The number of fused-ring (bicyclic) bond motifs is 1. The van der Waals surface area contributed by atoms with Crippen molar-refractivity contribution < 1.29 is 9.90 Å². The van der Waals surface area contributed by atoms with Crippen LogP contribution in [0.4, 0.5) is 5.82 Å². The molecule has 1 heterocycles. The molecule has 0 spiro atoms. The molecule has 2 aromatic rings. The van der Waals surface area contributed by atoms with E-state index in [1.807, 2.05) is 25.1 Å². The first kappa shape index (κ1) is 13.8. The normalized spacial score (nSPS) is 22.1. The van der Waals surface area contributed by atoms with Crippen molar-refractivity contribution in [2.24, 2.45) is 5.92 Å². The van der Waals surface area contributed by atoms with Gasteiger partial charge >= 0.3 is 5.97 Å². The van der Waals surface area contributed by atoms with Gasteiger partial charge in [-0.1, -0.05) is 12.1 Å². The quantitative estimate of drug-likeness (QED) is 0.906. The Morgan fingerprint density at radius 2 is 2.00 bits per heavy atom. The predicted octanol–water partition coefficient (Wildman–Crippen LogP) is 2.99. The number of carboxylic acids is 1. The van der Waals surface area contributed by atoms with Crippen LogP contribution in [0.1, 0.15) is 31.2 Å². The number of nitrogens with one attached hydrogen (secondary N) is 1. The van der Waals surface area contributed by atoms with Crippen LogP contribution < -0.4 is 5.32 Å². The predicted molar refractivity (Wildman–Crippen MR) is 81.3 cm³/mol. The molecule has 0 aliphatic heterocycles. The maximum atomic E-state index is 11.0. The van der Waals surface area contributed by atoms with Gasteiger partial charge in [0.25, 0.3) is 0 Å². The second kappa shape index (κ2) is 5.68. The molecule has 1 aliphatic carbocycles. The highest BCUT2D eigenvalue weighted by Crippen LogP contribution is 2.28. The topological polar surface area (TPSA) is 75.1 Å². The highest BCUT2D eigenvalue weighted by atomic mass is 16.4. The van der Waals surface area contributed by atoms with Crippen molar-refractivity contribution in [3.05, 3.63) is 30.1 Å². The molecule has 1 fully saturated rings. The number of aliphatic carboxylic acids is 1. The van der Waals surface area contributed by atoms with Crippen molar-refractivity contribution in [1.29, 1.82) is 0 Å². The van der Waals surface area contributed by atoms with Gasteiger partial charge < -0.3 is 10.4 Å². The summed E-state index contributed by atoms with van der Waals surface area (Å²) in [5, 5.41) is 13.5. The Hall–Kier alpha value is -2.17. The van der Waals surface area contributed by atoms with E-state index < -0.39 is 5.97 Å². The molecule has 5 heteroatoms. The molecule has 0 bridgehead atoms. The van der Waals surface area contributed by atoms with E-state index in [1.54, 1.807) is 6.33 Å². The van der Waals surface area contributed by atoms with Gasteiger partial charge in [0.05, 0.1) is 11.4 Å². The van der Waals surface area contributed by atoms with E-state index in [-0.39, 0.29) is 5.92 Å². The zero-order chi connectivity index (χ0) is 14.8. The van der Waals surface area contributed by atoms with E-state index in [4.69, 9.17) is 5.11 Å². The van der Waals surface area contributed by atoms with Gasteiger partial charge in [-0.15, -0.1) is 0 Å². The van der Waals surface area contributed by atoms with Gasteiger partial charge in [0, 0.05) is 11.4 Å². The van der Waals surface area contributed by atoms with E-state index in [0.717, 1.165) is 48.0 Å². The van der Waals surface area contributed by atoms with Gasteiger partial charge in [-0.25, -0.2) is 9.97 Å². The molecule has 1 aromatic heterocycles. The number of para-hydroxylation sites is 1. The lowest BCUT2D eigenvalue weighted by atomic mass is 9.86. The third-order valence-electron chi connectivity index (χ3n) is 4.28. The summed E-state index contributed by atoms with van der Waals surface area (Å²) in [6, 6.07) is 6.36. The first-order chi connectivity index (χ1) is 10.1. The lowest BCUT2D eigenvalue weighted by molar-refractivity contribution is -0.142. The Labute approximate surface area is 123 Å². The number of aryl methyl sites for hydroxylation is 1. The molecule has 3 rings (SSSR count). The molecule has 0 radical (unpaired) electrons. The zero-order valence-electron chi connectivity index (χ0n) is 12.0. The van der Waals surface area contributed by atoms with Crippen LogP contribution in [0.2, 0.25) is 0 Å². The van der Waals surface area contributed by atoms with Gasteiger partial charge in [-0.2, -0.15) is 0 Å². The third kappa shape index (κ3) is 2.82. The standard InChI is InChI=1S/C16H19N3O2/c1-10-3-2-4-13-14(10)17-9-18-15(13)19-12-7-5-11(6-8-12)16(20)21/h2-4,9,11-12H,5-8H2,1H3,(H,20,21)(H,17,18,19). The van der Waals surface area contributed by atoms with Crippen molar-refractivity contribution in [2.75, 3.05) is 5.32 Å². The van der Waals surface area contributed by atoms with Crippen LogP contribution in [-0.2, 0) is 4.79 Å². The molecule has 0 atom stereocenters. The molecule has 5 nitrogen and oxygen atoms in total. The Kier molecular flexibility index (Phi) is 3.73. The summed E-state index contributed by atoms with van der Waals surface area (Å²) in [4.78, 5) is 19.7. The maximum Gasteiger partial charge on any atom is 0.306 e. The van der Waals surface area contributed by atoms with Crippen molar-refractivity contribution in [1.82, 2.24) is 9.97 Å². The molecule has 21 heavy (non-hydrogen) atoms. The number of hydrogen-bond donors (Lipinski definition) is 2. The van der Waals surface area contributed by atoms with E-state index in [1.165, 1.54) is 0 Å². The van der Waals surface area contributed by atoms with Crippen molar-refractivity contribution in [3.63, 3.8) is 0 Å². The molecule has 1 aromatic carbocycles. The van der Waals surface area contributed by atoms with Crippen LogP contribution in [0.25, 0.3) is 10.9 Å². The number of carbonyl (C=O) groups is 1. The van der Waals surface area contributed by atoms with Crippen LogP contribution in [0, 0.1) is 12.8 Å². The Morgan fingerprint density at radius 3 is 2.71 bits per heavy atom. The van der Waals surface area contributed by atoms with E-state index >= 15 is 0 Å². The Balaban J connectivity index is 1.77. The summed E-state index contributed by atoms with van der Waals surface area (Å²) in [7, 11) is 0. The summed E-state index contributed by atoms with van der Waals surface area (Å²) in [5.41, 5.74) is 2.10. The van der Waals surface area contributed by atoms with Crippen molar-refractivity contribution in [3.8, 4) is 0 Å². The fourth-order valence-electron chi connectivity index (χ4n) is 3.03. The van der Waals surface area contributed by atoms with Crippen LogP contribution in [0.5, 0.6) is 0 Å². The molecular formula is C16H19N3O2. The number of carboxylic acid groups (broad SMARTS) is 1. The monoisotopic (exact) mass is 285 g/mol. The van der Waals surface area contributed by atoms with Crippen LogP contribution in [0.15, 0.2) is 24.5 Å². The SMILES string of the molecule is Cc1cccc2c(NC3CCC(C(=O)O)CC3)ncnc12.